The maximum Gasteiger partial charge on any atom is 0.251 e. The molecule has 0 saturated carbocycles. The fourth-order valence-corrected chi connectivity index (χ4v) is 4.81. The number of piperidine rings is 2. The van der Waals surface area contributed by atoms with Crippen LogP contribution < -0.4 is 14.8 Å². The van der Waals surface area contributed by atoms with Crippen LogP contribution in [0.5, 0.6) is 11.5 Å². The fraction of sp³-hybridized carbons (Fsp3) is 0.458. The number of amides is 1. The molecule has 5 heteroatoms. The first-order valence-electron chi connectivity index (χ1n) is 10.5. The van der Waals surface area contributed by atoms with Gasteiger partial charge in [0.2, 0.25) is 0 Å². The van der Waals surface area contributed by atoms with Crippen LogP contribution in [-0.4, -0.2) is 43.2 Å². The lowest BCUT2D eigenvalue weighted by Crippen LogP contribution is -2.56. The molecule has 1 amide bonds. The summed E-state index contributed by atoms with van der Waals surface area (Å²) < 4.78 is 10.5. The number of nitrogens with one attached hydrogen (secondary N) is 1. The highest BCUT2D eigenvalue weighted by atomic mass is 16.5. The number of carbonyl (C=O) groups excluding carboxylic acids is 1. The normalized spacial score (nSPS) is 24.0. The van der Waals surface area contributed by atoms with E-state index >= 15 is 0 Å². The van der Waals surface area contributed by atoms with Gasteiger partial charge in [-0.1, -0.05) is 18.6 Å². The van der Waals surface area contributed by atoms with E-state index in [9.17, 15) is 4.79 Å². The van der Waals surface area contributed by atoms with Crippen LogP contribution in [0.3, 0.4) is 0 Å². The first kappa shape index (κ1) is 19.8. The number of benzene rings is 2. The van der Waals surface area contributed by atoms with Crippen molar-refractivity contribution in [2.45, 2.75) is 56.8 Å². The van der Waals surface area contributed by atoms with Crippen LogP contribution in [-0.2, 0) is 6.54 Å². The van der Waals surface area contributed by atoms with Crippen molar-refractivity contribution in [1.29, 1.82) is 0 Å². The van der Waals surface area contributed by atoms with Crippen LogP contribution in [0.15, 0.2) is 48.5 Å². The molecule has 2 saturated heterocycles. The molecule has 5 nitrogen and oxygen atoms in total. The van der Waals surface area contributed by atoms with Crippen molar-refractivity contribution in [3.8, 4) is 11.5 Å². The van der Waals surface area contributed by atoms with E-state index in [0.29, 0.717) is 17.6 Å². The second kappa shape index (κ2) is 8.87. The summed E-state index contributed by atoms with van der Waals surface area (Å²) in [6.45, 7) is 0.971. The molecule has 2 aliphatic rings. The summed E-state index contributed by atoms with van der Waals surface area (Å²) in [4.78, 5) is 15.3. The molecule has 4 rings (SSSR count). The lowest BCUT2D eigenvalue weighted by atomic mass is 9.81. The smallest absolute Gasteiger partial charge is 0.251 e. The van der Waals surface area contributed by atoms with Gasteiger partial charge in [0.05, 0.1) is 14.2 Å². The van der Waals surface area contributed by atoms with Crippen LogP contribution >= 0.6 is 0 Å². The Morgan fingerprint density at radius 3 is 2.03 bits per heavy atom. The number of fused-ring (bicyclic) bond motifs is 2. The molecule has 0 spiro atoms. The van der Waals surface area contributed by atoms with Gasteiger partial charge in [0.25, 0.3) is 5.91 Å². The van der Waals surface area contributed by atoms with Crippen LogP contribution in [0.1, 0.15) is 48.0 Å². The number of methoxy groups -OCH3 is 2. The number of hydrogen-bond donors (Lipinski definition) is 1. The summed E-state index contributed by atoms with van der Waals surface area (Å²) in [6.07, 6.45) is 5.75. The number of nitrogens with zero attached hydrogens (tertiary/aromatic N) is 1. The highest BCUT2D eigenvalue weighted by Gasteiger charge is 2.38. The average molecular weight is 395 g/mol. The van der Waals surface area contributed by atoms with Gasteiger partial charge in [0.15, 0.2) is 0 Å². The molecule has 0 radical (unpaired) electrons. The van der Waals surface area contributed by atoms with E-state index in [1.165, 1.54) is 24.8 Å². The minimum absolute atomic E-state index is 0.0133. The zero-order valence-electron chi connectivity index (χ0n) is 17.3. The van der Waals surface area contributed by atoms with Gasteiger partial charge >= 0.3 is 0 Å². The molecule has 0 aliphatic carbocycles. The molecule has 154 valence electrons. The molecule has 2 aliphatic heterocycles. The van der Waals surface area contributed by atoms with Gasteiger partial charge in [0.1, 0.15) is 11.5 Å². The Morgan fingerprint density at radius 2 is 1.48 bits per heavy atom. The highest BCUT2D eigenvalue weighted by molar-refractivity contribution is 5.94. The molecule has 2 aromatic carbocycles. The fourth-order valence-electron chi connectivity index (χ4n) is 4.81. The first-order valence-corrected chi connectivity index (χ1v) is 10.5. The van der Waals surface area contributed by atoms with Crippen molar-refractivity contribution in [2.75, 3.05) is 14.2 Å². The molecule has 2 atom stereocenters. The molecule has 2 heterocycles. The first-order chi connectivity index (χ1) is 14.2. The van der Waals surface area contributed by atoms with Crippen molar-refractivity contribution < 1.29 is 14.3 Å². The van der Waals surface area contributed by atoms with E-state index in [1.54, 1.807) is 14.2 Å². The van der Waals surface area contributed by atoms with Crippen molar-refractivity contribution >= 4 is 5.91 Å². The van der Waals surface area contributed by atoms with Gasteiger partial charge < -0.3 is 14.8 Å². The lowest BCUT2D eigenvalue weighted by molar-refractivity contribution is 0.0177. The Labute approximate surface area is 173 Å². The molecule has 0 unspecified atom stereocenters. The van der Waals surface area contributed by atoms with Crippen LogP contribution in [0.4, 0.5) is 0 Å². The minimum atomic E-state index is 0.0133. The summed E-state index contributed by atoms with van der Waals surface area (Å²) in [7, 11) is 3.33. The monoisotopic (exact) mass is 394 g/mol. The Bertz CT molecular complexity index is 805. The van der Waals surface area contributed by atoms with Gasteiger partial charge in [0, 0.05) is 30.2 Å². The summed E-state index contributed by atoms with van der Waals surface area (Å²) in [5.41, 5.74) is 2.01. The highest BCUT2D eigenvalue weighted by Crippen LogP contribution is 2.35. The van der Waals surface area contributed by atoms with Gasteiger partial charge in [-0.3, -0.25) is 9.69 Å². The Balaban J connectivity index is 1.38. The Morgan fingerprint density at radius 1 is 0.931 bits per heavy atom. The predicted octanol–water partition coefficient (Wildman–Crippen LogP) is 4.02. The van der Waals surface area contributed by atoms with Crippen LogP contribution in [0.25, 0.3) is 0 Å². The maximum atomic E-state index is 12.7. The van der Waals surface area contributed by atoms with E-state index in [0.717, 1.165) is 30.9 Å². The Hall–Kier alpha value is -2.53. The topological polar surface area (TPSA) is 50.8 Å². The molecule has 1 N–H and O–H groups in total. The zero-order chi connectivity index (χ0) is 20.2. The summed E-state index contributed by atoms with van der Waals surface area (Å²) in [6, 6.07) is 17.0. The number of ether oxygens (including phenoxy) is 2. The van der Waals surface area contributed by atoms with Gasteiger partial charge in [-0.2, -0.15) is 0 Å². The summed E-state index contributed by atoms with van der Waals surface area (Å²) in [5.74, 6) is 1.68. The second-order valence-corrected chi connectivity index (χ2v) is 8.13. The third-order valence-corrected chi connectivity index (χ3v) is 6.34. The minimum Gasteiger partial charge on any atom is -0.497 e. The number of hydrogen-bond acceptors (Lipinski definition) is 4. The lowest BCUT2D eigenvalue weighted by Gasteiger charge is -2.49. The largest absolute Gasteiger partial charge is 0.497 e. The van der Waals surface area contributed by atoms with Crippen LogP contribution in [0, 0.1) is 0 Å². The maximum absolute atomic E-state index is 12.7. The van der Waals surface area contributed by atoms with E-state index in [2.05, 4.69) is 22.3 Å². The Kier molecular flexibility index (Phi) is 6.05. The molecule has 2 aromatic rings. The quantitative estimate of drug-likeness (QED) is 0.804. The molecular weight excluding hydrogens is 364 g/mol. The van der Waals surface area contributed by atoms with Gasteiger partial charge in [-0.05, 0) is 67.6 Å². The average Bonchev–Trinajstić information content (AvgIpc) is 2.75. The molecule has 2 bridgehead atoms. The van der Waals surface area contributed by atoms with E-state index < -0.39 is 0 Å². The van der Waals surface area contributed by atoms with Crippen molar-refractivity contribution in [2.24, 2.45) is 0 Å². The molecule has 0 aromatic heterocycles. The standard InChI is InChI=1S/C24H30N2O3/c1-28-22-10-6-17(7-11-22)16-26-20-4-3-5-21(26)15-19(14-20)25-24(27)18-8-12-23(29-2)13-9-18/h6-13,19-21H,3-5,14-16H2,1-2H3,(H,25,27)/t20-,21-/m1/s1. The third kappa shape index (κ3) is 4.56. The summed E-state index contributed by atoms with van der Waals surface area (Å²) in [5, 5.41) is 3.28. The molecule has 29 heavy (non-hydrogen) atoms. The zero-order valence-corrected chi connectivity index (χ0v) is 17.3. The van der Waals surface area contributed by atoms with Crippen LogP contribution in [0.2, 0.25) is 0 Å². The SMILES string of the molecule is COc1ccc(CN2[C@@H]3CCC[C@@H]2CC(NC(=O)c2ccc(OC)cc2)C3)cc1. The number of rotatable bonds is 6. The van der Waals surface area contributed by atoms with Crippen molar-refractivity contribution in [1.82, 2.24) is 10.2 Å². The third-order valence-electron chi connectivity index (χ3n) is 6.34. The van der Waals surface area contributed by atoms with Gasteiger partial charge in [-0.15, -0.1) is 0 Å². The number of carbonyl (C=O) groups is 1. The van der Waals surface area contributed by atoms with E-state index in [1.807, 2.05) is 36.4 Å². The predicted molar refractivity (Wildman–Crippen MR) is 113 cm³/mol. The summed E-state index contributed by atoms with van der Waals surface area (Å²) >= 11 is 0. The molecule has 2 fully saturated rings. The van der Waals surface area contributed by atoms with Gasteiger partial charge in [-0.25, -0.2) is 0 Å². The van der Waals surface area contributed by atoms with E-state index in [4.69, 9.17) is 9.47 Å². The second-order valence-electron chi connectivity index (χ2n) is 8.13. The van der Waals surface area contributed by atoms with Crippen molar-refractivity contribution in [3.63, 3.8) is 0 Å². The van der Waals surface area contributed by atoms with Crippen molar-refractivity contribution in [3.05, 3.63) is 59.7 Å². The molecular formula is C24H30N2O3. The van der Waals surface area contributed by atoms with E-state index in [-0.39, 0.29) is 11.9 Å².